The highest BCUT2D eigenvalue weighted by Gasteiger charge is 2.14. The number of ether oxygens (including phenoxy) is 1. The SMILES string of the molecule is COc1ccc(CN(CC(C)C)C(=O)CN)cc1C. The maximum absolute atomic E-state index is 11.8. The van der Waals surface area contributed by atoms with Gasteiger partial charge >= 0.3 is 0 Å². The predicted octanol–water partition coefficient (Wildman–Crippen LogP) is 1.95. The molecule has 0 aliphatic carbocycles. The van der Waals surface area contributed by atoms with Crippen LogP contribution in [0.3, 0.4) is 0 Å². The summed E-state index contributed by atoms with van der Waals surface area (Å²) < 4.78 is 5.24. The van der Waals surface area contributed by atoms with Crippen LogP contribution >= 0.6 is 0 Å². The zero-order valence-electron chi connectivity index (χ0n) is 12.3. The number of rotatable bonds is 6. The van der Waals surface area contributed by atoms with Crippen molar-refractivity contribution < 1.29 is 9.53 Å². The van der Waals surface area contributed by atoms with Crippen molar-refractivity contribution in [1.29, 1.82) is 0 Å². The molecule has 0 atom stereocenters. The van der Waals surface area contributed by atoms with E-state index in [1.165, 1.54) is 0 Å². The minimum atomic E-state index is -0.0119. The molecule has 2 N–H and O–H groups in total. The summed E-state index contributed by atoms with van der Waals surface area (Å²) >= 11 is 0. The largest absolute Gasteiger partial charge is 0.496 e. The fourth-order valence-corrected chi connectivity index (χ4v) is 2.08. The predicted molar refractivity (Wildman–Crippen MR) is 77.0 cm³/mol. The Balaban J connectivity index is 2.83. The van der Waals surface area contributed by atoms with Crippen LogP contribution in [0.4, 0.5) is 0 Å². The first-order valence-electron chi connectivity index (χ1n) is 6.59. The second-order valence-electron chi connectivity index (χ2n) is 5.18. The fraction of sp³-hybridized carbons (Fsp3) is 0.533. The van der Waals surface area contributed by atoms with Crippen LogP contribution in [0.25, 0.3) is 0 Å². The van der Waals surface area contributed by atoms with Crippen LogP contribution in [0.15, 0.2) is 18.2 Å². The highest BCUT2D eigenvalue weighted by atomic mass is 16.5. The van der Waals surface area contributed by atoms with Crippen LogP contribution in [-0.2, 0) is 11.3 Å². The lowest BCUT2D eigenvalue weighted by molar-refractivity contribution is -0.130. The molecule has 0 bridgehead atoms. The van der Waals surface area contributed by atoms with Gasteiger partial charge in [0.25, 0.3) is 0 Å². The van der Waals surface area contributed by atoms with E-state index >= 15 is 0 Å². The van der Waals surface area contributed by atoms with Crippen LogP contribution in [0.1, 0.15) is 25.0 Å². The van der Waals surface area contributed by atoms with Gasteiger partial charge in [0, 0.05) is 13.1 Å². The topological polar surface area (TPSA) is 55.6 Å². The molecule has 0 saturated carbocycles. The van der Waals surface area contributed by atoms with Crippen molar-refractivity contribution in [3.8, 4) is 5.75 Å². The van der Waals surface area contributed by atoms with Crippen LogP contribution < -0.4 is 10.5 Å². The van der Waals surface area contributed by atoms with Gasteiger partial charge < -0.3 is 15.4 Å². The lowest BCUT2D eigenvalue weighted by Gasteiger charge is -2.24. The van der Waals surface area contributed by atoms with E-state index < -0.39 is 0 Å². The number of hydrogen-bond donors (Lipinski definition) is 1. The molecule has 0 radical (unpaired) electrons. The van der Waals surface area contributed by atoms with Crippen LogP contribution in [0, 0.1) is 12.8 Å². The highest BCUT2D eigenvalue weighted by Crippen LogP contribution is 2.19. The smallest absolute Gasteiger partial charge is 0.236 e. The van der Waals surface area contributed by atoms with Crippen LogP contribution in [0.2, 0.25) is 0 Å². The summed E-state index contributed by atoms with van der Waals surface area (Å²) in [5, 5.41) is 0. The molecule has 0 spiro atoms. The molecule has 0 fully saturated rings. The Bertz CT molecular complexity index is 430. The third-order valence-electron chi connectivity index (χ3n) is 2.95. The molecule has 4 nitrogen and oxygen atoms in total. The number of carbonyl (C=O) groups is 1. The minimum absolute atomic E-state index is 0.0119. The molecule has 1 rings (SSSR count). The number of carbonyl (C=O) groups excluding carboxylic acids is 1. The van der Waals surface area contributed by atoms with Gasteiger partial charge in [-0.15, -0.1) is 0 Å². The van der Waals surface area contributed by atoms with Gasteiger partial charge in [-0.25, -0.2) is 0 Å². The lowest BCUT2D eigenvalue weighted by atomic mass is 10.1. The summed E-state index contributed by atoms with van der Waals surface area (Å²) in [5.74, 6) is 1.28. The fourth-order valence-electron chi connectivity index (χ4n) is 2.08. The first kappa shape index (κ1) is 15.5. The van der Waals surface area contributed by atoms with E-state index in [1.807, 2.05) is 24.0 Å². The normalized spacial score (nSPS) is 10.6. The molecule has 0 aromatic heterocycles. The van der Waals surface area contributed by atoms with E-state index in [-0.39, 0.29) is 12.5 Å². The Labute approximate surface area is 115 Å². The summed E-state index contributed by atoms with van der Waals surface area (Å²) in [6.45, 7) is 7.56. The second-order valence-corrected chi connectivity index (χ2v) is 5.18. The van der Waals surface area contributed by atoms with Crippen LogP contribution in [0.5, 0.6) is 5.75 Å². The van der Waals surface area contributed by atoms with Gasteiger partial charge in [0.05, 0.1) is 13.7 Å². The molecular weight excluding hydrogens is 240 g/mol. The summed E-state index contributed by atoms with van der Waals surface area (Å²) in [6.07, 6.45) is 0. The highest BCUT2D eigenvalue weighted by molar-refractivity contribution is 5.78. The van der Waals surface area contributed by atoms with Gasteiger partial charge in [0.15, 0.2) is 0 Å². The van der Waals surface area contributed by atoms with Gasteiger partial charge in [-0.3, -0.25) is 4.79 Å². The Kier molecular flexibility index (Phi) is 5.83. The van der Waals surface area contributed by atoms with E-state index in [0.29, 0.717) is 12.5 Å². The Morgan fingerprint density at radius 1 is 1.42 bits per heavy atom. The average Bonchev–Trinajstić information content (AvgIpc) is 2.36. The van der Waals surface area contributed by atoms with Crippen molar-refractivity contribution in [3.63, 3.8) is 0 Å². The first-order chi connectivity index (χ1) is 8.97. The molecule has 0 saturated heterocycles. The van der Waals surface area contributed by atoms with Crippen LogP contribution in [-0.4, -0.2) is 31.0 Å². The quantitative estimate of drug-likeness (QED) is 0.854. The zero-order chi connectivity index (χ0) is 14.4. The van der Waals surface area contributed by atoms with E-state index in [4.69, 9.17) is 10.5 Å². The minimum Gasteiger partial charge on any atom is -0.496 e. The van der Waals surface area contributed by atoms with Gasteiger partial charge in [-0.2, -0.15) is 0 Å². The molecular formula is C15H24N2O2. The molecule has 0 aliphatic rings. The number of benzene rings is 1. The zero-order valence-corrected chi connectivity index (χ0v) is 12.3. The van der Waals surface area contributed by atoms with Gasteiger partial charge in [0.2, 0.25) is 5.91 Å². The van der Waals surface area contributed by atoms with Crippen molar-refractivity contribution in [1.82, 2.24) is 4.90 Å². The number of methoxy groups -OCH3 is 1. The monoisotopic (exact) mass is 264 g/mol. The van der Waals surface area contributed by atoms with E-state index in [2.05, 4.69) is 19.9 Å². The number of aryl methyl sites for hydroxylation is 1. The summed E-state index contributed by atoms with van der Waals surface area (Å²) in [5.41, 5.74) is 7.64. The average molecular weight is 264 g/mol. The molecule has 1 aromatic carbocycles. The summed E-state index contributed by atoms with van der Waals surface area (Å²) in [6, 6.07) is 5.98. The second kappa shape index (κ2) is 7.14. The molecule has 0 heterocycles. The summed E-state index contributed by atoms with van der Waals surface area (Å²) in [7, 11) is 1.66. The van der Waals surface area contributed by atoms with E-state index in [9.17, 15) is 4.79 Å². The molecule has 19 heavy (non-hydrogen) atoms. The summed E-state index contributed by atoms with van der Waals surface area (Å²) in [4.78, 5) is 13.6. The molecule has 4 heteroatoms. The standard InChI is InChI=1S/C15H24N2O2/c1-11(2)9-17(15(18)8-16)10-13-5-6-14(19-4)12(3)7-13/h5-7,11H,8-10,16H2,1-4H3. The first-order valence-corrected chi connectivity index (χ1v) is 6.59. The maximum Gasteiger partial charge on any atom is 0.236 e. The van der Waals surface area contributed by atoms with E-state index in [0.717, 1.165) is 23.4 Å². The third-order valence-corrected chi connectivity index (χ3v) is 2.95. The number of hydrogen-bond acceptors (Lipinski definition) is 3. The number of nitrogens with zero attached hydrogens (tertiary/aromatic N) is 1. The molecule has 1 amide bonds. The molecule has 1 aromatic rings. The van der Waals surface area contributed by atoms with Gasteiger partial charge in [-0.05, 0) is 30.0 Å². The number of amides is 1. The lowest BCUT2D eigenvalue weighted by Crippen LogP contribution is -2.37. The van der Waals surface area contributed by atoms with Crippen molar-refractivity contribution >= 4 is 5.91 Å². The van der Waals surface area contributed by atoms with Crippen molar-refractivity contribution in [3.05, 3.63) is 29.3 Å². The van der Waals surface area contributed by atoms with Gasteiger partial charge in [-0.1, -0.05) is 26.0 Å². The molecule has 106 valence electrons. The molecule has 0 unspecified atom stereocenters. The third kappa shape index (κ3) is 4.56. The van der Waals surface area contributed by atoms with E-state index in [1.54, 1.807) is 7.11 Å². The Morgan fingerprint density at radius 2 is 2.11 bits per heavy atom. The Morgan fingerprint density at radius 3 is 2.58 bits per heavy atom. The Hall–Kier alpha value is -1.55. The number of nitrogens with two attached hydrogens (primary N) is 1. The van der Waals surface area contributed by atoms with Crippen molar-refractivity contribution in [2.45, 2.75) is 27.3 Å². The van der Waals surface area contributed by atoms with Gasteiger partial charge in [0.1, 0.15) is 5.75 Å². The van der Waals surface area contributed by atoms with Crippen molar-refractivity contribution in [2.24, 2.45) is 11.7 Å². The van der Waals surface area contributed by atoms with Crippen molar-refractivity contribution in [2.75, 3.05) is 20.2 Å². The maximum atomic E-state index is 11.8. The molecule has 0 aliphatic heterocycles.